The normalized spacial score (nSPS) is 24.6. The molecular formula is C30H35N3O5S. The molecule has 2 heterocycles. The SMILES string of the molecule is CCOc1ccc(S(=O)(=O)N2CC(N3N=C(CC(=O)O)C4C=CC=CC43)[C@H](C)C2)c(CCc2ccccc2)c1. The van der Waals surface area contributed by atoms with Gasteiger partial charge in [-0.25, -0.2) is 8.42 Å². The Kier molecular flexibility index (Phi) is 7.91. The number of sulfonamides is 1. The summed E-state index contributed by atoms with van der Waals surface area (Å²) in [6, 6.07) is 15.0. The molecule has 9 heteroatoms. The van der Waals surface area contributed by atoms with Crippen LogP contribution in [0.2, 0.25) is 0 Å². The van der Waals surface area contributed by atoms with Gasteiger partial charge >= 0.3 is 5.97 Å². The first kappa shape index (κ1) is 27.1. The number of hydrazone groups is 1. The van der Waals surface area contributed by atoms with Crippen molar-refractivity contribution >= 4 is 21.7 Å². The monoisotopic (exact) mass is 549 g/mol. The van der Waals surface area contributed by atoms with Gasteiger partial charge < -0.3 is 9.84 Å². The molecule has 4 atom stereocenters. The summed E-state index contributed by atoms with van der Waals surface area (Å²) in [6.45, 7) is 5.11. The van der Waals surface area contributed by atoms with Crippen LogP contribution >= 0.6 is 0 Å². The van der Waals surface area contributed by atoms with E-state index in [1.165, 1.54) is 0 Å². The summed E-state index contributed by atoms with van der Waals surface area (Å²) in [5.74, 6) is -0.352. The largest absolute Gasteiger partial charge is 0.494 e. The van der Waals surface area contributed by atoms with E-state index in [0.29, 0.717) is 42.5 Å². The number of carboxylic acids is 1. The molecule has 3 aliphatic rings. The highest BCUT2D eigenvalue weighted by Gasteiger charge is 2.46. The molecule has 1 saturated heterocycles. The van der Waals surface area contributed by atoms with Crippen LogP contribution in [0.4, 0.5) is 0 Å². The van der Waals surface area contributed by atoms with Gasteiger partial charge in [-0.3, -0.25) is 9.80 Å². The number of aliphatic carboxylic acids is 1. The molecule has 1 aliphatic carbocycles. The molecule has 0 saturated carbocycles. The number of rotatable bonds is 10. The van der Waals surface area contributed by atoms with Gasteiger partial charge in [-0.15, -0.1) is 0 Å². The molecule has 1 N–H and O–H groups in total. The van der Waals surface area contributed by atoms with E-state index in [2.05, 4.69) is 0 Å². The van der Waals surface area contributed by atoms with E-state index < -0.39 is 16.0 Å². The Labute approximate surface area is 230 Å². The van der Waals surface area contributed by atoms with E-state index in [9.17, 15) is 18.3 Å². The predicted octanol–water partition coefficient (Wildman–Crippen LogP) is 4.14. The van der Waals surface area contributed by atoms with E-state index in [0.717, 1.165) is 17.5 Å². The molecule has 0 aromatic heterocycles. The van der Waals surface area contributed by atoms with Crippen LogP contribution in [0.5, 0.6) is 5.75 Å². The standard InChI is InChI=1S/C30H35N3O5S/c1-3-38-24-15-16-29(23(17-24)14-13-22-9-5-4-6-10-22)39(36,37)32-19-21(2)28(20-32)33-27-12-8-7-11-25(27)26(31-33)18-30(34)35/h4-12,15-17,21,25,27-28H,3,13-14,18-20H2,1-2H3,(H,34,35)/t21-,25?,27?,28?/m1/s1. The van der Waals surface area contributed by atoms with Gasteiger partial charge in [0.25, 0.3) is 0 Å². The van der Waals surface area contributed by atoms with E-state index in [1.54, 1.807) is 16.4 Å². The molecule has 0 amide bonds. The Balaban J connectivity index is 1.40. The first-order chi connectivity index (χ1) is 18.8. The minimum atomic E-state index is -3.79. The molecule has 2 aliphatic heterocycles. The fraction of sp³-hybridized carbons (Fsp3) is 0.400. The topological polar surface area (TPSA) is 99.5 Å². The lowest BCUT2D eigenvalue weighted by Crippen LogP contribution is -2.43. The van der Waals surface area contributed by atoms with Crippen molar-refractivity contribution in [2.75, 3.05) is 19.7 Å². The number of carbonyl (C=O) groups is 1. The minimum Gasteiger partial charge on any atom is -0.494 e. The summed E-state index contributed by atoms with van der Waals surface area (Å²) in [7, 11) is -3.79. The van der Waals surface area contributed by atoms with Gasteiger partial charge in [0.15, 0.2) is 0 Å². The molecule has 39 heavy (non-hydrogen) atoms. The highest BCUT2D eigenvalue weighted by Crippen LogP contribution is 2.37. The molecule has 1 fully saturated rings. The molecule has 2 aromatic rings. The maximum absolute atomic E-state index is 14.1. The second-order valence-corrected chi connectivity index (χ2v) is 12.3. The van der Waals surface area contributed by atoms with Gasteiger partial charge in [-0.1, -0.05) is 61.6 Å². The molecule has 3 unspecified atom stereocenters. The summed E-state index contributed by atoms with van der Waals surface area (Å²) < 4.78 is 35.4. The van der Waals surface area contributed by atoms with Crippen molar-refractivity contribution in [3.8, 4) is 5.75 Å². The maximum atomic E-state index is 14.1. The number of hydrogen-bond donors (Lipinski definition) is 1. The van der Waals surface area contributed by atoms with Crippen LogP contribution in [0.3, 0.4) is 0 Å². The maximum Gasteiger partial charge on any atom is 0.309 e. The quantitative estimate of drug-likeness (QED) is 0.478. The average Bonchev–Trinajstić information content (AvgIpc) is 3.48. The van der Waals surface area contributed by atoms with Gasteiger partial charge in [-0.05, 0) is 55.0 Å². The van der Waals surface area contributed by atoms with E-state index in [4.69, 9.17) is 9.84 Å². The molecule has 2 aromatic carbocycles. The zero-order chi connectivity index (χ0) is 27.6. The fourth-order valence-corrected chi connectivity index (χ4v) is 7.60. The number of benzene rings is 2. The molecular weight excluding hydrogens is 514 g/mol. The molecule has 206 valence electrons. The van der Waals surface area contributed by atoms with Crippen molar-refractivity contribution < 1.29 is 23.1 Å². The zero-order valence-corrected chi connectivity index (χ0v) is 23.1. The fourth-order valence-electron chi connectivity index (χ4n) is 5.81. The van der Waals surface area contributed by atoms with Gasteiger partial charge in [0.2, 0.25) is 10.0 Å². The average molecular weight is 550 g/mol. The highest BCUT2D eigenvalue weighted by atomic mass is 32.2. The Morgan fingerprint density at radius 3 is 2.59 bits per heavy atom. The predicted molar refractivity (Wildman–Crippen MR) is 150 cm³/mol. The molecule has 0 bridgehead atoms. The molecule has 5 rings (SSSR count). The Bertz CT molecular complexity index is 1400. The zero-order valence-electron chi connectivity index (χ0n) is 22.3. The second kappa shape index (κ2) is 11.4. The Morgan fingerprint density at radius 1 is 1.08 bits per heavy atom. The minimum absolute atomic E-state index is 0.0168. The summed E-state index contributed by atoms with van der Waals surface area (Å²) >= 11 is 0. The highest BCUT2D eigenvalue weighted by molar-refractivity contribution is 7.89. The number of fused-ring (bicyclic) bond motifs is 1. The third-order valence-electron chi connectivity index (χ3n) is 7.74. The third-order valence-corrected chi connectivity index (χ3v) is 9.67. The van der Waals surface area contributed by atoms with Gasteiger partial charge in [0, 0.05) is 19.0 Å². The van der Waals surface area contributed by atoms with E-state index in [1.807, 2.05) is 79.6 Å². The van der Waals surface area contributed by atoms with Crippen molar-refractivity contribution in [3.63, 3.8) is 0 Å². The van der Waals surface area contributed by atoms with Crippen LogP contribution in [0, 0.1) is 11.8 Å². The number of aryl methyl sites for hydroxylation is 2. The van der Waals surface area contributed by atoms with Crippen LogP contribution in [-0.2, 0) is 27.7 Å². The second-order valence-electron chi connectivity index (χ2n) is 10.4. The van der Waals surface area contributed by atoms with Gasteiger partial charge in [0.1, 0.15) is 5.75 Å². The number of ether oxygens (including phenoxy) is 1. The first-order valence-corrected chi connectivity index (χ1v) is 14.9. The third kappa shape index (κ3) is 5.65. The van der Waals surface area contributed by atoms with Crippen LogP contribution in [0.1, 0.15) is 31.4 Å². The molecule has 0 spiro atoms. The summed E-state index contributed by atoms with van der Waals surface area (Å²) in [5, 5.41) is 16.1. The van der Waals surface area contributed by atoms with Crippen molar-refractivity contribution in [2.24, 2.45) is 16.9 Å². The van der Waals surface area contributed by atoms with Crippen molar-refractivity contribution in [3.05, 3.63) is 84.0 Å². The lowest BCUT2D eigenvalue weighted by atomic mass is 9.89. The van der Waals surface area contributed by atoms with Gasteiger partial charge in [-0.2, -0.15) is 9.41 Å². The molecule has 0 radical (unpaired) electrons. The Hall–Kier alpha value is -3.43. The van der Waals surface area contributed by atoms with E-state index >= 15 is 0 Å². The van der Waals surface area contributed by atoms with Crippen LogP contribution in [0.15, 0.2) is 82.8 Å². The number of hydrogen-bond acceptors (Lipinski definition) is 6. The van der Waals surface area contributed by atoms with Crippen molar-refractivity contribution in [1.29, 1.82) is 0 Å². The first-order valence-electron chi connectivity index (χ1n) is 13.5. The van der Waals surface area contributed by atoms with Crippen LogP contribution < -0.4 is 4.74 Å². The lowest BCUT2D eigenvalue weighted by molar-refractivity contribution is -0.135. The lowest BCUT2D eigenvalue weighted by Gasteiger charge is -2.32. The molecule has 8 nitrogen and oxygen atoms in total. The van der Waals surface area contributed by atoms with Gasteiger partial charge in [0.05, 0.1) is 35.7 Å². The number of nitrogens with zero attached hydrogens (tertiary/aromatic N) is 3. The Morgan fingerprint density at radius 2 is 1.85 bits per heavy atom. The van der Waals surface area contributed by atoms with Crippen molar-refractivity contribution in [2.45, 2.75) is 50.1 Å². The summed E-state index contributed by atoms with van der Waals surface area (Å²) in [5.41, 5.74) is 2.49. The summed E-state index contributed by atoms with van der Waals surface area (Å²) in [6.07, 6.45) is 9.04. The van der Waals surface area contributed by atoms with E-state index in [-0.39, 0.29) is 30.3 Å². The van der Waals surface area contributed by atoms with Crippen LogP contribution in [0.25, 0.3) is 0 Å². The summed E-state index contributed by atoms with van der Waals surface area (Å²) in [4.78, 5) is 11.8. The smallest absolute Gasteiger partial charge is 0.309 e. The number of carboxylic acid groups (broad SMARTS) is 1. The number of allylic oxidation sites excluding steroid dienone is 2. The van der Waals surface area contributed by atoms with Crippen molar-refractivity contribution in [1.82, 2.24) is 9.31 Å². The van der Waals surface area contributed by atoms with Crippen LogP contribution in [-0.4, -0.2) is 66.3 Å².